The lowest BCUT2D eigenvalue weighted by molar-refractivity contribution is -0.103. The predicted octanol–water partition coefficient (Wildman–Crippen LogP) is 1.86. The van der Waals surface area contributed by atoms with Crippen molar-refractivity contribution in [3.05, 3.63) is 56.6 Å². The number of carbonyl (C=O) groups is 1. The van der Waals surface area contributed by atoms with Crippen LogP contribution in [-0.4, -0.2) is 35.0 Å². The Morgan fingerprint density at radius 2 is 2.16 bits per heavy atom. The number of hydrogen-bond acceptors (Lipinski definition) is 7. The molecule has 0 aliphatic carbocycles. The van der Waals surface area contributed by atoms with E-state index in [0.29, 0.717) is 5.02 Å². The molecule has 0 unspecified atom stereocenters. The molecule has 0 bridgehead atoms. The first-order valence-corrected chi connectivity index (χ1v) is 7.93. The van der Waals surface area contributed by atoms with Crippen LogP contribution in [0.25, 0.3) is 0 Å². The molecule has 3 rings (SSSR count). The van der Waals surface area contributed by atoms with Crippen molar-refractivity contribution in [3.63, 3.8) is 0 Å². The number of aromatic nitrogens is 2. The van der Waals surface area contributed by atoms with Gasteiger partial charge in [-0.25, -0.2) is 9.59 Å². The first-order valence-electron chi connectivity index (χ1n) is 7.18. The van der Waals surface area contributed by atoms with Gasteiger partial charge in [-0.2, -0.15) is 4.98 Å². The van der Waals surface area contributed by atoms with Crippen LogP contribution in [0.15, 0.2) is 35.3 Å². The maximum absolute atomic E-state index is 12.0. The number of esters is 1. The third-order valence-electron chi connectivity index (χ3n) is 3.40. The number of halogens is 2. The normalized spacial score (nSPS) is 19.8. The summed E-state index contributed by atoms with van der Waals surface area (Å²) in [5.74, 6) is -0.479. The highest BCUT2D eigenvalue weighted by atomic mass is 35.5. The standard InChI is InChI=1S/C15H13Cl2N3O5/c16-9-2-1-8(5-10(9)17)14(21)24-7-13-23-6-12(25-13)20-4-3-11(18)19-15(20)22/h1-5,12-13H,6-7H2,(H2,18,19,22)/t12-,13-/m0/s1. The molecule has 0 spiro atoms. The van der Waals surface area contributed by atoms with E-state index < -0.39 is 24.2 Å². The highest BCUT2D eigenvalue weighted by molar-refractivity contribution is 6.42. The van der Waals surface area contributed by atoms with E-state index in [2.05, 4.69) is 4.98 Å². The number of rotatable bonds is 4. The van der Waals surface area contributed by atoms with Crippen LogP contribution in [0.2, 0.25) is 10.0 Å². The zero-order chi connectivity index (χ0) is 18.0. The van der Waals surface area contributed by atoms with Crippen LogP contribution in [0.3, 0.4) is 0 Å². The molecule has 1 fully saturated rings. The molecule has 2 heterocycles. The van der Waals surface area contributed by atoms with Gasteiger partial charge in [0.15, 0.2) is 12.5 Å². The van der Waals surface area contributed by atoms with Crippen LogP contribution in [0.1, 0.15) is 16.6 Å². The van der Waals surface area contributed by atoms with Gasteiger partial charge in [-0.05, 0) is 24.3 Å². The van der Waals surface area contributed by atoms with Gasteiger partial charge in [-0.3, -0.25) is 4.57 Å². The van der Waals surface area contributed by atoms with Gasteiger partial charge < -0.3 is 19.9 Å². The summed E-state index contributed by atoms with van der Waals surface area (Å²) in [5, 5.41) is 0.589. The van der Waals surface area contributed by atoms with E-state index in [1.54, 1.807) is 0 Å². The average Bonchev–Trinajstić information content (AvgIpc) is 3.04. The van der Waals surface area contributed by atoms with Gasteiger partial charge in [0, 0.05) is 6.20 Å². The summed E-state index contributed by atoms with van der Waals surface area (Å²) in [6.45, 7) is -0.0345. The maximum Gasteiger partial charge on any atom is 0.351 e. The minimum atomic E-state index is -0.804. The van der Waals surface area contributed by atoms with Crippen molar-refractivity contribution < 1.29 is 19.0 Å². The maximum atomic E-state index is 12.0. The molecule has 1 saturated heterocycles. The average molecular weight is 386 g/mol. The van der Waals surface area contributed by atoms with Crippen molar-refractivity contribution in [2.24, 2.45) is 0 Å². The number of carbonyl (C=O) groups excluding carboxylic acids is 1. The summed E-state index contributed by atoms with van der Waals surface area (Å²) >= 11 is 11.7. The third kappa shape index (κ3) is 4.10. The molecule has 8 nitrogen and oxygen atoms in total. The topological polar surface area (TPSA) is 106 Å². The highest BCUT2D eigenvalue weighted by Gasteiger charge is 2.29. The summed E-state index contributed by atoms with van der Waals surface area (Å²) in [7, 11) is 0. The number of nitrogen functional groups attached to an aromatic ring is 1. The smallest absolute Gasteiger partial charge is 0.351 e. The lowest BCUT2D eigenvalue weighted by atomic mass is 10.2. The molecule has 10 heteroatoms. The van der Waals surface area contributed by atoms with Crippen LogP contribution in [0, 0.1) is 0 Å². The molecule has 1 aliphatic heterocycles. The fourth-order valence-electron chi connectivity index (χ4n) is 2.17. The molecule has 0 radical (unpaired) electrons. The fraction of sp³-hybridized carbons (Fsp3) is 0.267. The quantitative estimate of drug-likeness (QED) is 0.800. The predicted molar refractivity (Wildman–Crippen MR) is 89.5 cm³/mol. The summed E-state index contributed by atoms with van der Waals surface area (Å²) in [6, 6.07) is 5.88. The summed E-state index contributed by atoms with van der Waals surface area (Å²) in [6.07, 6.45) is -0.0153. The molecule has 1 aromatic heterocycles. The van der Waals surface area contributed by atoms with Crippen molar-refractivity contribution in [2.45, 2.75) is 12.5 Å². The zero-order valence-electron chi connectivity index (χ0n) is 12.7. The van der Waals surface area contributed by atoms with E-state index in [1.165, 1.54) is 35.0 Å². The molecule has 0 saturated carbocycles. The van der Waals surface area contributed by atoms with Gasteiger partial charge >= 0.3 is 11.7 Å². The summed E-state index contributed by atoms with van der Waals surface area (Å²) < 4.78 is 17.3. The van der Waals surface area contributed by atoms with Gasteiger partial charge in [0.05, 0.1) is 22.2 Å². The van der Waals surface area contributed by atoms with Crippen LogP contribution in [0.4, 0.5) is 5.82 Å². The Morgan fingerprint density at radius 3 is 2.88 bits per heavy atom. The Hall–Kier alpha value is -2.13. The molecule has 2 aromatic rings. The largest absolute Gasteiger partial charge is 0.457 e. The number of benzene rings is 1. The van der Waals surface area contributed by atoms with E-state index >= 15 is 0 Å². The van der Waals surface area contributed by atoms with Crippen molar-refractivity contribution in [1.29, 1.82) is 0 Å². The minimum Gasteiger partial charge on any atom is -0.457 e. The van der Waals surface area contributed by atoms with Gasteiger partial charge in [0.2, 0.25) is 0 Å². The van der Waals surface area contributed by atoms with E-state index in [-0.39, 0.29) is 29.6 Å². The Labute approximate surface area is 152 Å². The van der Waals surface area contributed by atoms with Crippen LogP contribution >= 0.6 is 23.2 Å². The summed E-state index contributed by atoms with van der Waals surface area (Å²) in [5.41, 5.74) is 5.14. The fourth-order valence-corrected chi connectivity index (χ4v) is 2.47. The molecule has 1 aliphatic rings. The second-order valence-electron chi connectivity index (χ2n) is 5.12. The lowest BCUT2D eigenvalue weighted by Gasteiger charge is -2.13. The first-order chi connectivity index (χ1) is 11.9. The van der Waals surface area contributed by atoms with Crippen molar-refractivity contribution >= 4 is 35.0 Å². The zero-order valence-corrected chi connectivity index (χ0v) is 14.2. The third-order valence-corrected chi connectivity index (χ3v) is 4.14. The molecule has 132 valence electrons. The number of nitrogens with zero attached hydrogens (tertiary/aromatic N) is 2. The Kier molecular flexibility index (Phi) is 5.24. The molecule has 2 N–H and O–H groups in total. The minimum absolute atomic E-state index is 0.112. The van der Waals surface area contributed by atoms with Crippen molar-refractivity contribution in [3.8, 4) is 0 Å². The molecular formula is C15H13Cl2N3O5. The Morgan fingerprint density at radius 1 is 1.36 bits per heavy atom. The highest BCUT2D eigenvalue weighted by Crippen LogP contribution is 2.24. The Balaban J connectivity index is 1.57. The second kappa shape index (κ2) is 7.40. The van der Waals surface area contributed by atoms with Crippen LogP contribution in [-0.2, 0) is 14.2 Å². The molecule has 0 amide bonds. The van der Waals surface area contributed by atoms with E-state index in [0.717, 1.165) is 0 Å². The molecular weight excluding hydrogens is 373 g/mol. The number of nitrogens with two attached hydrogens (primary N) is 1. The Bertz CT molecular complexity index is 857. The molecule has 2 atom stereocenters. The molecule has 25 heavy (non-hydrogen) atoms. The van der Waals surface area contributed by atoms with Gasteiger partial charge in [-0.1, -0.05) is 23.2 Å². The number of ether oxygens (including phenoxy) is 3. The second-order valence-corrected chi connectivity index (χ2v) is 5.94. The summed E-state index contributed by atoms with van der Waals surface area (Å²) in [4.78, 5) is 27.4. The SMILES string of the molecule is Nc1ccn([C@@H]2CO[C@H](COC(=O)c3ccc(Cl)c(Cl)c3)O2)c(=O)n1. The van der Waals surface area contributed by atoms with Crippen LogP contribution in [0.5, 0.6) is 0 Å². The number of anilines is 1. The van der Waals surface area contributed by atoms with Gasteiger partial charge in [-0.15, -0.1) is 0 Å². The molecule has 1 aromatic carbocycles. The monoisotopic (exact) mass is 385 g/mol. The number of hydrogen-bond donors (Lipinski definition) is 1. The van der Waals surface area contributed by atoms with E-state index in [4.69, 9.17) is 43.1 Å². The van der Waals surface area contributed by atoms with Crippen molar-refractivity contribution in [1.82, 2.24) is 9.55 Å². The van der Waals surface area contributed by atoms with Gasteiger partial charge in [0.25, 0.3) is 0 Å². The van der Waals surface area contributed by atoms with E-state index in [9.17, 15) is 9.59 Å². The lowest BCUT2D eigenvalue weighted by Crippen LogP contribution is -2.29. The van der Waals surface area contributed by atoms with Gasteiger partial charge in [0.1, 0.15) is 12.4 Å². The van der Waals surface area contributed by atoms with E-state index in [1.807, 2.05) is 0 Å². The van der Waals surface area contributed by atoms with Crippen LogP contribution < -0.4 is 11.4 Å². The van der Waals surface area contributed by atoms with Crippen molar-refractivity contribution in [2.75, 3.05) is 18.9 Å². The first kappa shape index (κ1) is 17.7.